The van der Waals surface area contributed by atoms with Gasteiger partial charge in [0.05, 0.1) is 18.5 Å². The normalized spacial score (nSPS) is 18.2. The molecule has 0 radical (unpaired) electrons. The summed E-state index contributed by atoms with van der Waals surface area (Å²) in [6.07, 6.45) is -9.27. The maximum atomic E-state index is 13.1. The predicted octanol–water partition coefficient (Wildman–Crippen LogP) is 3.81. The van der Waals surface area contributed by atoms with Crippen molar-refractivity contribution in [2.24, 2.45) is 13.0 Å². The average Bonchev–Trinajstić information content (AvgIpc) is 2.45. The van der Waals surface area contributed by atoms with Crippen LogP contribution in [0.25, 0.3) is 0 Å². The zero-order valence-corrected chi connectivity index (χ0v) is 14.9. The van der Waals surface area contributed by atoms with Gasteiger partial charge in [-0.05, 0) is 32.8 Å². The van der Waals surface area contributed by atoms with Gasteiger partial charge in [-0.1, -0.05) is 0 Å². The zero-order chi connectivity index (χ0) is 19.9. The first kappa shape index (κ1) is 20.4. The van der Waals surface area contributed by atoms with Crippen LogP contribution in [0.5, 0.6) is 5.88 Å². The van der Waals surface area contributed by atoms with E-state index in [2.05, 4.69) is 10.6 Å². The van der Waals surface area contributed by atoms with Crippen molar-refractivity contribution in [3.8, 4) is 5.88 Å². The average molecular weight is 386 g/mol. The number of hydrogen-bond acceptors (Lipinski definition) is 3. The van der Waals surface area contributed by atoms with Crippen molar-refractivity contribution in [3.05, 3.63) is 11.6 Å². The smallest absolute Gasteiger partial charge is 0.422 e. The van der Waals surface area contributed by atoms with E-state index in [4.69, 9.17) is 4.74 Å². The first-order chi connectivity index (χ1) is 11.7. The molecule has 26 heavy (non-hydrogen) atoms. The zero-order valence-electron chi connectivity index (χ0n) is 14.9. The Morgan fingerprint density at radius 2 is 1.81 bits per heavy atom. The molecule has 148 valence electrons. The molecule has 0 amide bonds. The van der Waals surface area contributed by atoms with E-state index in [-0.39, 0.29) is 24.4 Å². The van der Waals surface area contributed by atoms with Gasteiger partial charge in [-0.3, -0.25) is 5.32 Å². The number of nitrogens with zero attached hydrogens (tertiary/aromatic N) is 1. The molecule has 0 saturated carbocycles. The van der Waals surface area contributed by atoms with E-state index in [9.17, 15) is 26.3 Å². The van der Waals surface area contributed by atoms with Crippen molar-refractivity contribution >= 4 is 11.5 Å². The van der Waals surface area contributed by atoms with E-state index in [0.29, 0.717) is 11.5 Å². The van der Waals surface area contributed by atoms with Gasteiger partial charge in [0.25, 0.3) is 5.88 Å². The molecule has 0 saturated heterocycles. The highest BCUT2D eigenvalue weighted by Crippen LogP contribution is 2.39. The van der Waals surface area contributed by atoms with Gasteiger partial charge >= 0.3 is 18.2 Å². The van der Waals surface area contributed by atoms with Gasteiger partial charge in [0, 0.05) is 12.6 Å². The number of pyridine rings is 1. The van der Waals surface area contributed by atoms with E-state index in [1.807, 2.05) is 20.8 Å². The van der Waals surface area contributed by atoms with Crippen LogP contribution in [-0.4, -0.2) is 31.0 Å². The first-order valence-corrected chi connectivity index (χ1v) is 8.01. The second-order valence-corrected chi connectivity index (χ2v) is 7.39. The minimum Gasteiger partial charge on any atom is -0.453 e. The summed E-state index contributed by atoms with van der Waals surface area (Å²) in [5.74, 6) is -1.38. The molecule has 2 rings (SSSR count). The Morgan fingerprint density at radius 3 is 2.31 bits per heavy atom. The van der Waals surface area contributed by atoms with Crippen molar-refractivity contribution in [1.29, 1.82) is 0 Å². The van der Waals surface area contributed by atoms with Gasteiger partial charge in [0.15, 0.2) is 6.61 Å². The Balaban J connectivity index is 2.46. The fourth-order valence-electron chi connectivity index (χ4n) is 2.70. The molecule has 2 heterocycles. The molecular weight excluding hydrogens is 364 g/mol. The van der Waals surface area contributed by atoms with Gasteiger partial charge in [-0.25, -0.2) is 0 Å². The van der Waals surface area contributed by atoms with E-state index < -0.39 is 30.4 Å². The molecule has 0 spiro atoms. The molecule has 1 aliphatic heterocycles. The topological polar surface area (TPSA) is 37.2 Å². The summed E-state index contributed by atoms with van der Waals surface area (Å²) >= 11 is 0. The quantitative estimate of drug-likeness (QED) is 0.613. The summed E-state index contributed by atoms with van der Waals surface area (Å²) in [6.45, 7) is 3.70. The van der Waals surface area contributed by atoms with Crippen LogP contribution in [0.4, 0.5) is 37.8 Å². The first-order valence-electron chi connectivity index (χ1n) is 8.01. The molecule has 1 aromatic heterocycles. The highest BCUT2D eigenvalue weighted by Gasteiger charge is 2.43. The molecule has 1 atom stereocenters. The van der Waals surface area contributed by atoms with Crippen molar-refractivity contribution in [1.82, 2.24) is 0 Å². The molecule has 0 fully saturated rings. The van der Waals surface area contributed by atoms with Crippen molar-refractivity contribution in [2.75, 3.05) is 23.8 Å². The van der Waals surface area contributed by atoms with Crippen molar-refractivity contribution < 1.29 is 35.6 Å². The number of alkyl halides is 6. The molecule has 0 bridgehead atoms. The van der Waals surface area contributed by atoms with Crippen LogP contribution in [0.3, 0.4) is 0 Å². The minimum absolute atomic E-state index is 0.155. The standard InChI is InChI=1S/C16H21F6N3O/c1-14(2,3)24-13-12-9(5-10(7-23-12)16(20,21)22)6-11(25(13)4)26-8-15(17,18)19/h6,10,23H,5,7-8H2,1-4H3/p+1. The van der Waals surface area contributed by atoms with Crippen LogP contribution in [0.15, 0.2) is 6.07 Å². The summed E-state index contributed by atoms with van der Waals surface area (Å²) in [5.41, 5.74) is 0.249. The Labute approximate surface area is 147 Å². The lowest BCUT2D eigenvalue weighted by Crippen LogP contribution is -2.44. The lowest BCUT2D eigenvalue weighted by molar-refractivity contribution is -0.663. The Hall–Kier alpha value is -1.87. The molecule has 4 nitrogen and oxygen atoms in total. The van der Waals surface area contributed by atoms with Crippen molar-refractivity contribution in [2.45, 2.75) is 45.1 Å². The number of anilines is 2. The second-order valence-electron chi connectivity index (χ2n) is 7.39. The second kappa shape index (κ2) is 6.70. The fourth-order valence-corrected chi connectivity index (χ4v) is 2.70. The maximum absolute atomic E-state index is 13.1. The van der Waals surface area contributed by atoms with Crippen LogP contribution >= 0.6 is 0 Å². The Bertz CT molecular complexity index is 664. The van der Waals surface area contributed by atoms with Gasteiger partial charge in [0.2, 0.25) is 0 Å². The van der Waals surface area contributed by atoms with Gasteiger partial charge < -0.3 is 10.1 Å². The van der Waals surface area contributed by atoms with Gasteiger partial charge in [-0.2, -0.15) is 30.9 Å². The van der Waals surface area contributed by atoms with Crippen LogP contribution in [-0.2, 0) is 13.5 Å². The van der Waals surface area contributed by atoms with Crippen LogP contribution in [0, 0.1) is 5.92 Å². The van der Waals surface area contributed by atoms with Crippen LogP contribution < -0.4 is 19.9 Å². The predicted molar refractivity (Wildman–Crippen MR) is 84.3 cm³/mol. The molecule has 1 aromatic rings. The molecule has 10 heteroatoms. The van der Waals surface area contributed by atoms with E-state index >= 15 is 0 Å². The summed E-state index contributed by atoms with van der Waals surface area (Å²) in [5, 5.41) is 5.90. The Morgan fingerprint density at radius 1 is 1.19 bits per heavy atom. The molecule has 2 N–H and O–H groups in total. The monoisotopic (exact) mass is 386 g/mol. The fraction of sp³-hybridized carbons (Fsp3) is 0.688. The summed E-state index contributed by atoms with van der Waals surface area (Å²) in [7, 11) is 1.50. The SMILES string of the molecule is C[n+]1c(OCC(F)(F)F)cc2c(c1NC(C)(C)C)NCC(C(F)(F)F)C2. The van der Waals surface area contributed by atoms with Crippen LogP contribution in [0.1, 0.15) is 26.3 Å². The maximum Gasteiger partial charge on any atom is 0.422 e. The molecule has 1 unspecified atom stereocenters. The molecule has 0 aliphatic carbocycles. The number of aromatic nitrogens is 1. The lowest BCUT2D eigenvalue weighted by atomic mass is 9.93. The van der Waals surface area contributed by atoms with Gasteiger partial charge in [0.1, 0.15) is 5.69 Å². The summed E-state index contributed by atoms with van der Waals surface area (Å²) in [6, 6.07) is 1.24. The number of rotatable bonds is 3. The molecule has 0 aromatic carbocycles. The Kier molecular flexibility index (Phi) is 5.26. The highest BCUT2D eigenvalue weighted by atomic mass is 19.4. The number of hydrogen-bond donors (Lipinski definition) is 2. The molecule has 1 aliphatic rings. The summed E-state index contributed by atoms with van der Waals surface area (Å²) < 4.78 is 82.8. The third kappa shape index (κ3) is 5.07. The van der Waals surface area contributed by atoms with Crippen molar-refractivity contribution in [3.63, 3.8) is 0 Å². The summed E-state index contributed by atoms with van der Waals surface area (Å²) in [4.78, 5) is 0. The van der Waals surface area contributed by atoms with Gasteiger partial charge in [-0.15, -0.1) is 0 Å². The number of fused-ring (bicyclic) bond motifs is 1. The number of ether oxygens (including phenoxy) is 1. The van der Waals surface area contributed by atoms with E-state index in [1.165, 1.54) is 17.7 Å². The minimum atomic E-state index is -4.55. The number of nitrogens with one attached hydrogen (secondary N) is 2. The van der Waals surface area contributed by atoms with Crippen LogP contribution in [0.2, 0.25) is 0 Å². The van der Waals surface area contributed by atoms with E-state index in [1.54, 1.807) is 0 Å². The third-order valence-electron chi connectivity index (χ3n) is 3.85. The number of halogens is 6. The highest BCUT2D eigenvalue weighted by molar-refractivity contribution is 5.68. The third-order valence-corrected chi connectivity index (χ3v) is 3.85. The largest absolute Gasteiger partial charge is 0.453 e. The molecular formula is C16H22F6N3O+. The van der Waals surface area contributed by atoms with E-state index in [0.717, 1.165) is 0 Å². The lowest BCUT2D eigenvalue weighted by Gasteiger charge is -2.30.